The van der Waals surface area contributed by atoms with E-state index in [1.807, 2.05) is 25.5 Å². The Morgan fingerprint density at radius 1 is 1.29 bits per heavy atom. The van der Waals surface area contributed by atoms with E-state index in [2.05, 4.69) is 17.6 Å². The van der Waals surface area contributed by atoms with E-state index in [9.17, 15) is 14.7 Å². The molecule has 0 saturated carbocycles. The van der Waals surface area contributed by atoms with E-state index in [-0.39, 0.29) is 12.3 Å². The fourth-order valence-electron chi connectivity index (χ4n) is 3.48. The average molecular weight is 725 g/mol. The van der Waals surface area contributed by atoms with Crippen LogP contribution in [0.2, 0.25) is 0 Å². The van der Waals surface area contributed by atoms with Crippen molar-refractivity contribution in [3.63, 3.8) is 0 Å². The standard InChI is InChI=1S/C19H19N3O4.C3H5I.Tl/c1-20-18(24)14-4-3-13-8-15(6-5-12(13)7-14)19(25,9-17(23)26-2)16-10-21-11-22-16;1-4-2-3-4;/h3-8,10-11,25H,9H2,1-2H3,(H2,20,21,22,24);2H2,1H3;/q;-1;+1/p-1/t19-;;/m0../s1. The number of hydrogen-bond donors (Lipinski definition) is 2. The van der Waals surface area contributed by atoms with Crippen LogP contribution in [0.1, 0.15) is 28.0 Å². The average Bonchev–Trinajstić information content (AvgIpc) is 3.25. The van der Waals surface area contributed by atoms with Gasteiger partial charge in [-0.1, -0.05) is 0 Å². The van der Waals surface area contributed by atoms with Crippen LogP contribution in [0, 0.1) is 0 Å². The monoisotopic (exact) mass is 725 g/mol. The molecule has 4 rings (SSSR count). The first kappa shape index (κ1) is 22.5. The zero-order valence-corrected chi connectivity index (χ0v) is 24.2. The Morgan fingerprint density at radius 2 is 2.00 bits per heavy atom. The molecular weight excluding hydrogens is 702 g/mol. The quantitative estimate of drug-likeness (QED) is 0.134. The number of nitrogens with one attached hydrogen (secondary N) is 1. The summed E-state index contributed by atoms with van der Waals surface area (Å²) >= 11 is -1.92. The number of hydrogen-bond acceptors (Lipinski definition) is 5. The molecule has 2 heterocycles. The van der Waals surface area contributed by atoms with Crippen molar-refractivity contribution in [2.75, 3.05) is 23.5 Å². The minimum absolute atomic E-state index is 0.156. The van der Waals surface area contributed by atoms with E-state index < -0.39 is 55.4 Å². The number of alkyl halides is 2. The van der Waals surface area contributed by atoms with Crippen molar-refractivity contribution in [2.45, 2.75) is 12.0 Å². The molecule has 1 saturated heterocycles. The van der Waals surface area contributed by atoms with Gasteiger partial charge in [-0.25, -0.2) is 0 Å². The summed E-state index contributed by atoms with van der Waals surface area (Å²) in [4.78, 5) is 31.0. The van der Waals surface area contributed by atoms with Crippen molar-refractivity contribution in [1.82, 2.24) is 12.7 Å². The van der Waals surface area contributed by atoms with Gasteiger partial charge in [0.15, 0.2) is 0 Å². The molecule has 161 valence electrons. The van der Waals surface area contributed by atoms with E-state index in [1.165, 1.54) is 11.5 Å². The molecule has 2 aromatic carbocycles. The third-order valence-corrected chi connectivity index (χ3v) is 28.7. The van der Waals surface area contributed by atoms with Crippen LogP contribution in [0.25, 0.3) is 10.8 Å². The third kappa shape index (κ3) is 4.75. The number of benzene rings is 2. The number of methoxy groups -OCH3 is 1. The van der Waals surface area contributed by atoms with E-state index in [0.717, 1.165) is 10.8 Å². The van der Waals surface area contributed by atoms with Crippen LogP contribution in [0.5, 0.6) is 0 Å². The number of esters is 1. The molecule has 7 nitrogen and oxygen atoms in total. The number of ether oxygens (including phenoxy) is 1. The van der Waals surface area contributed by atoms with Crippen LogP contribution < -0.4 is 25.1 Å². The number of aliphatic hydroxyl groups is 1. The molecule has 1 amide bonds. The fraction of sp³-hybridized carbons (Fsp3) is 0.273. The number of amides is 1. The van der Waals surface area contributed by atoms with Crippen LogP contribution in [-0.4, -0.2) is 73.0 Å². The van der Waals surface area contributed by atoms with Crippen LogP contribution in [0.3, 0.4) is 0 Å². The number of carbonyl (C=O) groups is 2. The van der Waals surface area contributed by atoms with Crippen molar-refractivity contribution in [1.29, 1.82) is 0 Å². The molecule has 0 bridgehead atoms. The number of nitrogens with zero attached hydrogens (tertiary/aromatic N) is 2. The molecule has 2 N–H and O–H groups in total. The summed E-state index contributed by atoms with van der Waals surface area (Å²) in [6.07, 6.45) is 3.49. The van der Waals surface area contributed by atoms with E-state index in [4.69, 9.17) is 4.74 Å². The third-order valence-electron chi connectivity index (χ3n) is 5.41. The van der Waals surface area contributed by atoms with Gasteiger partial charge in [0.2, 0.25) is 0 Å². The summed E-state index contributed by atoms with van der Waals surface area (Å²) in [5.74, 6) is -0.662. The number of carbonyl (C=O) groups excluding carboxylic acids is 2. The number of aromatic nitrogens is 2. The molecule has 0 aliphatic carbocycles. The van der Waals surface area contributed by atoms with Crippen molar-refractivity contribution in [3.8, 4) is 0 Å². The van der Waals surface area contributed by atoms with Crippen LogP contribution in [0.15, 0.2) is 48.9 Å². The number of imidazole rings is 1. The Morgan fingerprint density at radius 3 is 2.68 bits per heavy atom. The molecule has 1 fully saturated rings. The molecule has 9 heteroatoms. The topological polar surface area (TPSA) is 93.5 Å². The Balaban J connectivity index is 1.75. The molecule has 1 radical (unpaired) electrons. The first-order chi connectivity index (χ1) is 14.8. The number of halogens is 1. The zero-order valence-electron chi connectivity index (χ0n) is 17.6. The van der Waals surface area contributed by atoms with Crippen LogP contribution in [0.4, 0.5) is 0 Å². The number of rotatable bonds is 6. The summed E-state index contributed by atoms with van der Waals surface area (Å²) in [6.45, 7) is 0. The second-order valence-electron chi connectivity index (χ2n) is 7.47. The fourth-order valence-corrected chi connectivity index (χ4v) is 24.6. The predicted octanol–water partition coefficient (Wildman–Crippen LogP) is -1.94. The molecule has 31 heavy (non-hydrogen) atoms. The van der Waals surface area contributed by atoms with Crippen molar-refractivity contribution >= 4 is 47.8 Å². The molecule has 0 unspecified atom stereocenters. The van der Waals surface area contributed by atoms with Gasteiger partial charge in [-0.3, -0.25) is 0 Å². The van der Waals surface area contributed by atoms with Gasteiger partial charge in [0, 0.05) is 7.05 Å². The van der Waals surface area contributed by atoms with Gasteiger partial charge in [0.25, 0.3) is 0 Å². The summed E-state index contributed by atoms with van der Waals surface area (Å²) in [5.41, 5.74) is 0.0140. The summed E-state index contributed by atoms with van der Waals surface area (Å²) in [5, 5.41) is 16.0. The Hall–Kier alpha value is -1.67. The summed E-state index contributed by atoms with van der Waals surface area (Å²) < 4.78 is 10.2. The maximum atomic E-state index is 12.2. The van der Waals surface area contributed by atoms with Crippen LogP contribution >= 0.6 is 0 Å². The maximum absolute atomic E-state index is 12.2. The first-order valence-corrected chi connectivity index (χ1v) is 18.7. The Labute approximate surface area is 199 Å². The van der Waals surface area contributed by atoms with Gasteiger partial charge < -0.3 is 0 Å². The predicted molar refractivity (Wildman–Crippen MR) is 116 cm³/mol. The molecule has 1 atom stereocenters. The van der Waals surface area contributed by atoms with Gasteiger partial charge in [-0.2, -0.15) is 0 Å². The molecule has 1 aromatic heterocycles. The van der Waals surface area contributed by atoms with Crippen molar-refractivity contribution in [3.05, 3.63) is 65.7 Å². The van der Waals surface area contributed by atoms with Crippen molar-refractivity contribution < 1.29 is 39.3 Å². The zero-order chi connectivity index (χ0) is 22.2. The molecule has 1 aliphatic rings. The second kappa shape index (κ2) is 9.06. The SMILES string of the molecule is CNC(=O)c1ccc2cc([C@@](O)(CC(=O)OC)c3c[n]([Tl]=[C]4C[I-]4C)cn3)ccc2c1. The van der Waals surface area contributed by atoms with E-state index in [1.54, 1.807) is 31.6 Å². The van der Waals surface area contributed by atoms with Gasteiger partial charge in [0.1, 0.15) is 0 Å². The normalized spacial score (nSPS) is 17.2. The molecule has 0 spiro atoms. The molecule has 3 aromatic rings. The van der Waals surface area contributed by atoms with Gasteiger partial charge in [0.05, 0.1) is 0 Å². The first-order valence-electron chi connectivity index (χ1n) is 9.70. The Kier molecular flexibility index (Phi) is 6.58. The second-order valence-corrected chi connectivity index (χ2v) is 23.6. The summed E-state index contributed by atoms with van der Waals surface area (Å²) in [6, 6.07) is 10.9. The summed E-state index contributed by atoms with van der Waals surface area (Å²) in [7, 11) is 2.91. The van der Waals surface area contributed by atoms with E-state index in [0.29, 0.717) is 16.8 Å². The van der Waals surface area contributed by atoms with E-state index >= 15 is 0 Å². The minimum atomic E-state index is -1.59. The van der Waals surface area contributed by atoms with Gasteiger partial charge in [-0.15, -0.1) is 0 Å². The Bertz CT molecular complexity index is 1210. The van der Waals surface area contributed by atoms with Gasteiger partial charge >= 0.3 is 194 Å². The van der Waals surface area contributed by atoms with Crippen LogP contribution in [-0.2, 0) is 15.1 Å². The molecular formula is C22H23IN3O4Tl-. The van der Waals surface area contributed by atoms with Crippen molar-refractivity contribution in [2.24, 2.45) is 0 Å². The molecule has 1 aliphatic heterocycles. The number of fused-ring (bicyclic) bond motifs is 1. The van der Waals surface area contributed by atoms with Gasteiger partial charge in [-0.05, 0) is 0 Å².